The molecule has 0 amide bonds. The second kappa shape index (κ2) is 12.7. The van der Waals surface area contributed by atoms with Gasteiger partial charge in [-0.05, 0) is 88.6 Å². The highest BCUT2D eigenvalue weighted by atomic mass is 32.1. The molecule has 0 radical (unpaired) electrons. The third-order valence-corrected chi connectivity index (χ3v) is 14.5. The van der Waals surface area contributed by atoms with Crippen LogP contribution in [0.1, 0.15) is 0 Å². The molecule has 10 rings (SSSR count). The Hall–Kier alpha value is -5.24. The zero-order valence-corrected chi connectivity index (χ0v) is 33.8. The van der Waals surface area contributed by atoms with E-state index in [4.69, 9.17) is 0 Å². The first-order valence-corrected chi connectivity index (χ1v) is 20.3. The molecule has 0 atom stereocenters. The first kappa shape index (κ1) is 34.3. The zero-order valence-electron chi connectivity index (χ0n) is 33.0. The van der Waals surface area contributed by atoms with Crippen LogP contribution < -0.4 is 43.7 Å². The summed E-state index contributed by atoms with van der Waals surface area (Å²) < 4.78 is 2.70. The predicted molar refractivity (Wildman–Crippen MR) is 271 cm³/mol. The van der Waals surface area contributed by atoms with Crippen molar-refractivity contribution in [2.45, 2.75) is 0 Å². The maximum atomic E-state index is 2.48. The monoisotopic (exact) mass is 708 g/mol. The summed E-state index contributed by atoms with van der Waals surface area (Å²) in [5.41, 5.74) is 18.9. The topological polar surface area (TPSA) is 0 Å². The largest absolute Gasteiger partial charge is 0.139 e. The predicted octanol–water partition coefficient (Wildman–Crippen LogP) is -0.264. The minimum Gasteiger partial charge on any atom is -0.135 e. The normalized spacial score (nSPS) is 11.9. The van der Waals surface area contributed by atoms with Crippen molar-refractivity contribution in [3.8, 4) is 33.4 Å². The molecule has 0 nitrogen and oxygen atoms in total. The summed E-state index contributed by atoms with van der Waals surface area (Å²) in [7, 11) is 18.8. The Bertz CT molecular complexity index is 3210. The lowest BCUT2D eigenvalue weighted by Crippen LogP contribution is -2.50. The van der Waals surface area contributed by atoms with Gasteiger partial charge in [0.1, 0.15) is 62.8 Å². The van der Waals surface area contributed by atoms with Gasteiger partial charge >= 0.3 is 0 Å². The molecule has 1 aromatic heterocycles. The quantitative estimate of drug-likeness (QED) is 0.135. The van der Waals surface area contributed by atoms with Crippen LogP contribution in [0.15, 0.2) is 121 Å². The van der Waals surface area contributed by atoms with Crippen LogP contribution in [0.25, 0.3) is 96.6 Å². The van der Waals surface area contributed by atoms with Crippen LogP contribution in [-0.4, -0.2) is 62.8 Å². The molecule has 55 heavy (non-hydrogen) atoms. The molecule has 0 unspecified atom stereocenters. The van der Waals surface area contributed by atoms with E-state index in [1.54, 1.807) is 0 Å². The summed E-state index contributed by atoms with van der Waals surface area (Å²) in [6.07, 6.45) is 0. The summed E-state index contributed by atoms with van der Waals surface area (Å²) in [6, 6.07) is 45.5. The molecule has 0 fully saturated rings. The Kier molecular flexibility index (Phi) is 7.88. The summed E-state index contributed by atoms with van der Waals surface area (Å²) in [5.74, 6) is 0. The van der Waals surface area contributed by atoms with Crippen molar-refractivity contribution in [2.75, 3.05) is 0 Å². The smallest absolute Gasteiger partial charge is 0.135 e. The van der Waals surface area contributed by atoms with Crippen molar-refractivity contribution in [3.63, 3.8) is 0 Å². The van der Waals surface area contributed by atoms with Gasteiger partial charge in [-0.1, -0.05) is 131 Å². The van der Waals surface area contributed by atoms with Crippen LogP contribution in [-0.2, 0) is 0 Å². The number of thiophene rings is 1. The second-order valence-electron chi connectivity index (χ2n) is 15.8. The highest BCUT2D eigenvalue weighted by Gasteiger charge is 2.26. The molecule has 0 bridgehead atoms. The van der Waals surface area contributed by atoms with Gasteiger partial charge in [-0.15, -0.1) is 33.2 Å². The fourth-order valence-corrected chi connectivity index (χ4v) is 11.0. The Morgan fingerprint density at radius 1 is 0.327 bits per heavy atom. The number of fused-ring (bicyclic) bond motifs is 8. The lowest BCUT2D eigenvalue weighted by molar-refractivity contribution is 1.66. The number of benzene rings is 9. The fraction of sp³-hybridized carbons (Fsp3) is 0. The highest BCUT2D eigenvalue weighted by Crippen LogP contribution is 2.45. The molecular weight excluding hydrogens is 671 g/mol. The molecule has 0 spiro atoms. The molecule has 10 aromatic rings. The van der Waals surface area contributed by atoms with Gasteiger partial charge in [0, 0.05) is 20.2 Å². The van der Waals surface area contributed by atoms with Crippen LogP contribution >= 0.6 is 11.3 Å². The lowest BCUT2D eigenvalue weighted by atomic mass is 9.59. The molecule has 0 aliphatic heterocycles. The third kappa shape index (κ3) is 4.88. The van der Waals surface area contributed by atoms with E-state index < -0.39 is 0 Å². The molecule has 1 heterocycles. The fourth-order valence-electron chi connectivity index (χ4n) is 9.74. The van der Waals surface area contributed by atoms with Gasteiger partial charge in [-0.3, -0.25) is 0 Å². The summed E-state index contributed by atoms with van der Waals surface area (Å²) >= 11 is 1.90. The van der Waals surface area contributed by atoms with E-state index in [2.05, 4.69) is 184 Å². The Balaban J connectivity index is 1.36. The Labute approximate surface area is 334 Å². The van der Waals surface area contributed by atoms with Gasteiger partial charge in [0.05, 0.1) is 0 Å². The molecule has 0 N–H and O–H groups in total. The van der Waals surface area contributed by atoms with Gasteiger partial charge < -0.3 is 0 Å². The average molecular weight is 707 g/mol. The number of hydrogen-bond donors (Lipinski definition) is 0. The molecule has 0 saturated carbocycles. The molecule has 250 valence electrons. The zero-order chi connectivity index (χ0) is 37.9. The van der Waals surface area contributed by atoms with E-state index in [0.29, 0.717) is 0 Å². The van der Waals surface area contributed by atoms with E-state index in [9.17, 15) is 0 Å². The number of hydrogen-bond acceptors (Lipinski definition) is 1. The number of rotatable bonds is 3. The van der Waals surface area contributed by atoms with E-state index in [-0.39, 0.29) is 0 Å². The van der Waals surface area contributed by atoms with Crippen molar-refractivity contribution in [1.82, 2.24) is 0 Å². The average Bonchev–Trinajstić information content (AvgIpc) is 3.61. The standard InChI is InChI=1S/C46H36B8S/c47-38-34-32(22-18-16-21(17-19-22)25-13-7-14-29-28-12-5-6-15-31(28)55-46(25)29)35-37(41(50)45(54)43(52)39(35)48)33(36(34)40(49)44(53)42(38)51)30-20-23-8-1-2-9-24(23)26-10-3-4-11-27(26)30/h1-20H,47-54H2. The maximum absolute atomic E-state index is 2.48. The molecule has 0 aliphatic rings. The summed E-state index contributed by atoms with van der Waals surface area (Å²) in [5, 5.41) is 13.4. The van der Waals surface area contributed by atoms with E-state index in [1.165, 1.54) is 140 Å². The first-order valence-electron chi connectivity index (χ1n) is 19.5. The van der Waals surface area contributed by atoms with Crippen molar-refractivity contribution < 1.29 is 0 Å². The second-order valence-corrected chi connectivity index (χ2v) is 16.9. The van der Waals surface area contributed by atoms with Crippen molar-refractivity contribution >= 4 is 181 Å². The molecule has 9 heteroatoms. The van der Waals surface area contributed by atoms with Crippen LogP contribution in [0.3, 0.4) is 0 Å². The molecule has 9 aromatic carbocycles. The van der Waals surface area contributed by atoms with Crippen LogP contribution in [0, 0.1) is 0 Å². The van der Waals surface area contributed by atoms with Gasteiger partial charge in [0.25, 0.3) is 0 Å². The Morgan fingerprint density at radius 3 is 1.42 bits per heavy atom. The molecule has 0 aliphatic carbocycles. The Morgan fingerprint density at radius 2 is 0.800 bits per heavy atom. The van der Waals surface area contributed by atoms with Crippen molar-refractivity contribution in [1.29, 1.82) is 0 Å². The van der Waals surface area contributed by atoms with Crippen molar-refractivity contribution in [2.24, 2.45) is 0 Å². The van der Waals surface area contributed by atoms with Crippen LogP contribution in [0.2, 0.25) is 0 Å². The highest BCUT2D eigenvalue weighted by molar-refractivity contribution is 7.26. The SMILES string of the molecule is Bc1c(B)c(B)c2c(-c3cc4ccccc4c4ccccc34)c3c(B)c(B)c(B)c(B)c3c(-c3ccc(-c4cccc5c4sc4ccccc45)cc3)c2c1B. The van der Waals surface area contributed by atoms with E-state index in [1.807, 2.05) is 11.3 Å². The minimum absolute atomic E-state index is 1.26. The van der Waals surface area contributed by atoms with Gasteiger partial charge in [0.15, 0.2) is 0 Å². The van der Waals surface area contributed by atoms with Crippen molar-refractivity contribution in [3.05, 3.63) is 121 Å². The van der Waals surface area contributed by atoms with E-state index >= 15 is 0 Å². The third-order valence-electron chi connectivity index (χ3n) is 13.3. The molecule has 0 saturated heterocycles. The van der Waals surface area contributed by atoms with Gasteiger partial charge in [-0.25, -0.2) is 0 Å². The lowest BCUT2D eigenvalue weighted by Gasteiger charge is -2.28. The summed E-state index contributed by atoms with van der Waals surface area (Å²) in [4.78, 5) is 0. The van der Waals surface area contributed by atoms with Crippen LogP contribution in [0.5, 0.6) is 0 Å². The van der Waals surface area contributed by atoms with Crippen LogP contribution in [0.4, 0.5) is 0 Å². The van der Waals surface area contributed by atoms with Gasteiger partial charge in [-0.2, -0.15) is 0 Å². The molecular formula is C46H36B8S. The minimum atomic E-state index is 1.26. The van der Waals surface area contributed by atoms with Gasteiger partial charge in [0.2, 0.25) is 0 Å². The first-order chi connectivity index (χ1) is 26.7. The van der Waals surface area contributed by atoms with E-state index in [0.717, 1.165) is 0 Å². The maximum Gasteiger partial charge on any atom is 0.139 e. The summed E-state index contributed by atoms with van der Waals surface area (Å²) in [6.45, 7) is 0.